The normalized spacial score (nSPS) is 12.5. The van der Waals surface area contributed by atoms with Gasteiger partial charge in [0.05, 0.1) is 46.1 Å². The average Bonchev–Trinajstić information content (AvgIpc) is 3.29. The molecule has 18 nitrogen and oxygen atoms in total. The van der Waals surface area contributed by atoms with Crippen molar-refractivity contribution in [2.24, 2.45) is 11.5 Å². The molecule has 0 aliphatic heterocycles. The van der Waals surface area contributed by atoms with Gasteiger partial charge in [-0.25, -0.2) is 18.7 Å². The fourth-order valence-corrected chi connectivity index (χ4v) is 5.51. The second kappa shape index (κ2) is 25.5. The van der Waals surface area contributed by atoms with Crippen molar-refractivity contribution < 1.29 is 118 Å². The molecule has 0 aliphatic carbocycles. The molecule has 0 bridgehead atoms. The molecule has 0 radical (unpaired) electrons. The molecule has 0 saturated heterocycles. The number of nitrogens with one attached hydrogen (secondary N) is 1. The van der Waals surface area contributed by atoms with Crippen molar-refractivity contribution in [3.8, 4) is 57.5 Å². The lowest BCUT2D eigenvalue weighted by atomic mass is 10.1. The van der Waals surface area contributed by atoms with Crippen LogP contribution in [0.3, 0.4) is 0 Å². The quantitative estimate of drug-likeness (QED) is 0.0489. The first-order valence-corrected chi connectivity index (χ1v) is 19.6. The molecular formula is C44H31ClF12N6O12. The molecule has 4 aromatic carbocycles. The van der Waals surface area contributed by atoms with Gasteiger partial charge >= 0.3 is 25.9 Å². The number of primary amides is 2. The van der Waals surface area contributed by atoms with Gasteiger partial charge in [-0.3, -0.25) is 19.2 Å². The molecule has 75 heavy (non-hydrogen) atoms. The van der Waals surface area contributed by atoms with Crippen molar-refractivity contribution in [2.75, 3.05) is 25.1 Å². The largest absolute Gasteiger partial charge is 0.573 e. The first kappa shape index (κ1) is 49.5. The highest BCUT2D eigenvalue weighted by atomic mass is 35.5. The van der Waals surface area contributed by atoms with E-state index in [9.17, 15) is 71.9 Å². The number of nitrogens with two attached hydrogens (primary N) is 3. The molecule has 7 N–H and O–H groups in total. The number of pyridine rings is 2. The summed E-state index contributed by atoms with van der Waals surface area (Å²) in [4.78, 5) is 53.4. The smallest absolute Gasteiger partial charge is 0.493 e. The monoisotopic (exact) mass is 1100 g/mol. The van der Waals surface area contributed by atoms with Crippen molar-refractivity contribution in [3.63, 3.8) is 0 Å². The van der Waals surface area contributed by atoms with Crippen LogP contribution in [0.1, 0.15) is 49.9 Å². The lowest BCUT2D eigenvalue weighted by Crippen LogP contribution is -2.17. The Morgan fingerprint density at radius 2 is 1.01 bits per heavy atom. The maximum atomic E-state index is 15.0. The van der Waals surface area contributed by atoms with E-state index < -0.39 is 143 Å². The second-order valence-corrected chi connectivity index (χ2v) is 13.7. The maximum Gasteiger partial charge on any atom is 0.573 e. The van der Waals surface area contributed by atoms with Crippen LogP contribution in [-0.4, -0.2) is 73.0 Å². The minimum atomic E-state index is -5.17. The van der Waals surface area contributed by atoms with E-state index >= 15 is 0 Å². The van der Waals surface area contributed by atoms with Gasteiger partial charge in [-0.15, -0.1) is 26.3 Å². The zero-order valence-corrected chi connectivity index (χ0v) is 37.1. The predicted molar refractivity (Wildman–Crippen MR) is 234 cm³/mol. The predicted octanol–water partition coefficient (Wildman–Crippen LogP) is 10.1. The topological polar surface area (TPSA) is 258 Å². The van der Waals surface area contributed by atoms with E-state index in [2.05, 4.69) is 43.7 Å². The maximum absolute atomic E-state index is 15.0. The Bertz CT molecular complexity index is 3220. The number of ether oxygens (including phenoxy) is 8. The Kier molecular flexibility index (Phi) is 16.8. The molecular weight excluding hydrogens is 1070 g/mol. The molecule has 0 fully saturated rings. The molecule has 31 heteroatoms. The standard InChI is InChI=1S/C22H15F6N3O6.C16H9ClF6O5.C6H7N3O/c1-34-16-7-11(37-22(26,27)28)3-5-15(16)36-17-8-12(35-21(24)25)6-13(23)18(17)20(33)31-10-2-4-14(19(29)32)30-9-10;1-25-11-5-7(28-16(21,22)23)2-3-10(11)27-12-6-8(26-15(19)20)4-9(18)13(12)14(17)24;7-4-1-2-5(6(8)10)9-3-4/h2-9,21H,1H3,(H2,29,32)(H,31,33);2-6,15H,1H3;1-3H,7H2,(H2,8,10)/i2*1D3;. The number of aromatic nitrogens is 2. The summed E-state index contributed by atoms with van der Waals surface area (Å²) >= 11 is 5.27. The van der Waals surface area contributed by atoms with Crippen LogP contribution in [0.25, 0.3) is 0 Å². The second-order valence-electron chi connectivity index (χ2n) is 13.4. The number of halogens is 13. The Hall–Kier alpha value is -9.09. The summed E-state index contributed by atoms with van der Waals surface area (Å²) < 4.78 is 233. The lowest BCUT2D eigenvalue weighted by molar-refractivity contribution is -0.275. The molecule has 0 unspecified atom stereocenters. The van der Waals surface area contributed by atoms with Crippen LogP contribution in [-0.2, 0) is 0 Å². The fraction of sp³-hybridized carbons (Fsp3) is 0.136. The third-order valence-corrected chi connectivity index (χ3v) is 8.39. The third kappa shape index (κ3) is 18.2. The van der Waals surface area contributed by atoms with E-state index in [1.54, 1.807) is 6.07 Å². The molecule has 3 amide bonds. The van der Waals surface area contributed by atoms with Gasteiger partial charge < -0.3 is 60.4 Å². The van der Waals surface area contributed by atoms with Gasteiger partial charge in [-0.2, -0.15) is 17.6 Å². The van der Waals surface area contributed by atoms with Crippen molar-refractivity contribution in [3.05, 3.63) is 131 Å². The van der Waals surface area contributed by atoms with E-state index in [0.717, 1.165) is 24.4 Å². The molecule has 0 aliphatic rings. The number of carbonyl (C=O) groups is 4. The van der Waals surface area contributed by atoms with Gasteiger partial charge in [0.2, 0.25) is 0 Å². The van der Waals surface area contributed by atoms with Gasteiger partial charge in [-0.05, 0) is 60.1 Å². The zero-order valence-electron chi connectivity index (χ0n) is 42.3. The number of rotatable bonds is 17. The van der Waals surface area contributed by atoms with Crippen LogP contribution < -0.4 is 60.4 Å². The Labute approximate surface area is 425 Å². The number of hydrogen-bond acceptors (Lipinski definition) is 15. The summed E-state index contributed by atoms with van der Waals surface area (Å²) in [6.45, 7) is -6.81. The minimum Gasteiger partial charge on any atom is -0.493 e. The number of carbonyl (C=O) groups excluding carboxylic acids is 4. The molecule has 6 rings (SSSR count). The van der Waals surface area contributed by atoms with Gasteiger partial charge in [0, 0.05) is 36.4 Å². The molecule has 2 heterocycles. The number of benzene rings is 4. The van der Waals surface area contributed by atoms with Crippen LogP contribution in [0.5, 0.6) is 57.5 Å². The summed E-state index contributed by atoms with van der Waals surface area (Å²) in [5.74, 6) is -13.7. The zero-order chi connectivity index (χ0) is 60.9. The number of anilines is 2. The Balaban J connectivity index is 0.000000303. The molecule has 2 aromatic heterocycles. The van der Waals surface area contributed by atoms with E-state index in [0.29, 0.717) is 54.2 Å². The van der Waals surface area contributed by atoms with E-state index in [1.807, 2.05) is 0 Å². The average molecular weight is 1110 g/mol. The molecule has 6 aromatic rings. The number of hydrogen-bond donors (Lipinski definition) is 4. The summed E-state index contributed by atoms with van der Waals surface area (Å²) in [7, 11) is -6.41. The Morgan fingerprint density at radius 1 is 0.587 bits per heavy atom. The summed E-state index contributed by atoms with van der Waals surface area (Å²) in [5, 5.41) is 0.786. The first-order chi connectivity index (χ1) is 37.3. The van der Waals surface area contributed by atoms with Gasteiger partial charge in [0.1, 0.15) is 68.6 Å². The van der Waals surface area contributed by atoms with E-state index in [-0.39, 0.29) is 17.1 Å². The minimum absolute atomic E-state index is 0.0756. The SMILES string of the molecule is NC(=O)c1ccc(N)cn1.[2H]C([2H])([2H])Oc1cc(OC(F)(F)F)ccc1Oc1cc(OC(F)F)cc(F)c1C(=O)Cl.[2H]C([2H])([2H])Oc1cc(OC(F)(F)F)ccc1Oc1cc(OC(F)F)cc(F)c1C(=O)Nc1ccc(C(N)=O)nc1. The highest BCUT2D eigenvalue weighted by molar-refractivity contribution is 6.68. The molecule has 0 atom stereocenters. The van der Waals surface area contributed by atoms with Crippen molar-refractivity contribution >= 4 is 45.9 Å². The summed E-state index contributed by atoms with van der Waals surface area (Å²) in [6.07, 6.45) is -7.91. The van der Waals surface area contributed by atoms with Gasteiger partial charge in [0.15, 0.2) is 23.0 Å². The summed E-state index contributed by atoms with van der Waals surface area (Å²) in [5.41, 5.74) is 13.9. The highest BCUT2D eigenvalue weighted by Gasteiger charge is 2.33. The number of alkyl halides is 10. The van der Waals surface area contributed by atoms with E-state index in [4.69, 9.17) is 46.5 Å². The van der Waals surface area contributed by atoms with Crippen molar-refractivity contribution in [2.45, 2.75) is 25.9 Å². The van der Waals surface area contributed by atoms with Crippen LogP contribution in [0, 0.1) is 11.6 Å². The van der Waals surface area contributed by atoms with Crippen molar-refractivity contribution in [1.82, 2.24) is 9.97 Å². The third-order valence-electron chi connectivity index (χ3n) is 8.20. The highest BCUT2D eigenvalue weighted by Crippen LogP contribution is 2.41. The Morgan fingerprint density at radius 3 is 1.39 bits per heavy atom. The first-order valence-electron chi connectivity index (χ1n) is 22.2. The van der Waals surface area contributed by atoms with Gasteiger partial charge in [0.25, 0.3) is 23.0 Å². The van der Waals surface area contributed by atoms with Crippen molar-refractivity contribution in [1.29, 1.82) is 0 Å². The van der Waals surface area contributed by atoms with Crippen LogP contribution in [0.2, 0.25) is 0 Å². The fourth-order valence-electron chi connectivity index (χ4n) is 5.32. The molecule has 0 saturated carbocycles. The number of nitrogens with zero attached hydrogens (tertiary/aromatic N) is 2. The number of methoxy groups -OCH3 is 2. The summed E-state index contributed by atoms with van der Waals surface area (Å²) in [6, 6.07) is 11.3. The lowest BCUT2D eigenvalue weighted by Gasteiger charge is -2.17. The van der Waals surface area contributed by atoms with E-state index in [1.165, 1.54) is 18.3 Å². The van der Waals surface area contributed by atoms with Crippen LogP contribution >= 0.6 is 11.6 Å². The number of nitrogen functional groups attached to an aromatic ring is 1. The molecule has 400 valence electrons. The molecule has 0 spiro atoms. The van der Waals surface area contributed by atoms with Crippen LogP contribution in [0.15, 0.2) is 97.3 Å². The van der Waals surface area contributed by atoms with Gasteiger partial charge in [-0.1, -0.05) is 0 Å². The van der Waals surface area contributed by atoms with Crippen LogP contribution in [0.4, 0.5) is 64.1 Å². The number of amides is 3.